The maximum Gasteiger partial charge on any atom is 0.0745 e. The lowest BCUT2D eigenvalue weighted by Crippen LogP contribution is -2.08. The fraction of sp³-hybridized carbons (Fsp3) is 0.333. The molecule has 0 saturated carbocycles. The zero-order valence-electron chi connectivity index (χ0n) is 6.96. The van der Waals surface area contributed by atoms with Crippen LogP contribution in [-0.4, -0.2) is 6.61 Å². The van der Waals surface area contributed by atoms with Gasteiger partial charge in [-0.15, -0.1) is 0 Å². The first kappa shape index (κ1) is 9.71. The third-order valence-corrected chi connectivity index (χ3v) is 2.26. The largest absolute Gasteiger partial charge is 0.304 e. The fourth-order valence-electron chi connectivity index (χ4n) is 1.05. The van der Waals surface area contributed by atoms with E-state index in [-0.39, 0.29) is 0 Å². The van der Waals surface area contributed by atoms with Gasteiger partial charge in [-0.2, -0.15) is 0 Å². The van der Waals surface area contributed by atoms with Crippen molar-refractivity contribution in [1.29, 1.82) is 0 Å². The van der Waals surface area contributed by atoms with Gasteiger partial charge in [0.25, 0.3) is 0 Å². The van der Waals surface area contributed by atoms with Crippen molar-refractivity contribution in [3.63, 3.8) is 0 Å². The smallest absolute Gasteiger partial charge is 0.0745 e. The molecule has 1 rings (SSSR count). The number of hydrogen-bond donors (Lipinski definition) is 1. The average molecular weight is 230 g/mol. The molecule has 1 aromatic rings. The van der Waals surface area contributed by atoms with Crippen molar-refractivity contribution in [2.45, 2.75) is 12.8 Å². The van der Waals surface area contributed by atoms with E-state index in [2.05, 4.69) is 39.8 Å². The maximum absolute atomic E-state index is 4.99. The molecule has 0 spiro atoms. The van der Waals surface area contributed by atoms with Gasteiger partial charge in [-0.1, -0.05) is 35.0 Å². The lowest BCUT2D eigenvalue weighted by Gasteiger charge is -2.09. The summed E-state index contributed by atoms with van der Waals surface area (Å²) in [4.78, 5) is 4.58. The third-order valence-electron chi connectivity index (χ3n) is 1.76. The molecular weight excluding hydrogens is 218 g/mol. The summed E-state index contributed by atoms with van der Waals surface area (Å²) in [5, 5.41) is 0. The van der Waals surface area contributed by atoms with Gasteiger partial charge in [0, 0.05) is 10.4 Å². The van der Waals surface area contributed by atoms with Gasteiger partial charge in [0.15, 0.2) is 0 Å². The molecule has 12 heavy (non-hydrogen) atoms. The Hall–Kier alpha value is -0.380. The average Bonchev–Trinajstić information content (AvgIpc) is 2.05. The topological polar surface area (TPSA) is 35.2 Å². The maximum atomic E-state index is 4.99. The zero-order valence-corrected chi connectivity index (χ0v) is 8.54. The fourth-order valence-corrected chi connectivity index (χ4v) is 1.47. The lowest BCUT2D eigenvalue weighted by atomic mass is 10.0. The molecule has 0 bridgehead atoms. The minimum atomic E-state index is 0.340. The summed E-state index contributed by atoms with van der Waals surface area (Å²) in [7, 11) is 0. The van der Waals surface area contributed by atoms with Gasteiger partial charge in [-0.05, 0) is 17.7 Å². The van der Waals surface area contributed by atoms with Crippen molar-refractivity contribution in [2.75, 3.05) is 6.61 Å². The lowest BCUT2D eigenvalue weighted by molar-refractivity contribution is 0.126. The SMILES string of the molecule is CC(CON)c1cccc(Br)c1. The van der Waals surface area contributed by atoms with Crippen molar-refractivity contribution < 1.29 is 4.84 Å². The van der Waals surface area contributed by atoms with Gasteiger partial charge in [-0.3, -0.25) is 0 Å². The van der Waals surface area contributed by atoms with Crippen LogP contribution in [0.1, 0.15) is 18.4 Å². The summed E-state index contributed by atoms with van der Waals surface area (Å²) in [5.74, 6) is 5.33. The highest BCUT2D eigenvalue weighted by Gasteiger charge is 2.04. The first-order chi connectivity index (χ1) is 5.74. The Morgan fingerprint density at radius 3 is 2.92 bits per heavy atom. The molecule has 2 N–H and O–H groups in total. The van der Waals surface area contributed by atoms with Gasteiger partial charge in [-0.25, -0.2) is 5.90 Å². The Kier molecular flexibility index (Phi) is 3.72. The van der Waals surface area contributed by atoms with Gasteiger partial charge < -0.3 is 4.84 Å². The molecule has 2 nitrogen and oxygen atoms in total. The molecule has 0 aliphatic rings. The third kappa shape index (κ3) is 2.59. The molecule has 0 radical (unpaired) electrons. The standard InChI is InChI=1S/C9H12BrNO/c1-7(6-12-11)8-3-2-4-9(10)5-8/h2-5,7H,6,11H2,1H3. The molecule has 0 heterocycles. The van der Waals surface area contributed by atoms with Crippen molar-refractivity contribution in [2.24, 2.45) is 5.90 Å². The molecule has 0 aromatic heterocycles. The normalized spacial score (nSPS) is 12.9. The Morgan fingerprint density at radius 2 is 2.33 bits per heavy atom. The molecule has 66 valence electrons. The Balaban J connectivity index is 2.73. The summed E-state index contributed by atoms with van der Waals surface area (Å²) in [6, 6.07) is 8.14. The minimum Gasteiger partial charge on any atom is -0.304 e. The van der Waals surface area contributed by atoms with Crippen molar-refractivity contribution in [3.8, 4) is 0 Å². The van der Waals surface area contributed by atoms with Crippen LogP contribution in [0, 0.1) is 0 Å². The van der Waals surface area contributed by atoms with Crippen molar-refractivity contribution in [1.82, 2.24) is 0 Å². The molecule has 3 heteroatoms. The highest BCUT2D eigenvalue weighted by atomic mass is 79.9. The van der Waals surface area contributed by atoms with E-state index in [0.29, 0.717) is 12.5 Å². The Morgan fingerprint density at radius 1 is 1.58 bits per heavy atom. The molecule has 1 unspecified atom stereocenters. The summed E-state index contributed by atoms with van der Waals surface area (Å²) >= 11 is 3.41. The Bertz CT molecular complexity index is 252. The van der Waals surface area contributed by atoms with E-state index in [4.69, 9.17) is 5.90 Å². The van der Waals surface area contributed by atoms with E-state index in [1.807, 2.05) is 12.1 Å². The Labute approximate surface area is 80.8 Å². The van der Waals surface area contributed by atoms with Crippen LogP contribution in [0.15, 0.2) is 28.7 Å². The second kappa shape index (κ2) is 4.60. The van der Waals surface area contributed by atoms with Crippen LogP contribution >= 0.6 is 15.9 Å². The van der Waals surface area contributed by atoms with Crippen LogP contribution in [0.2, 0.25) is 0 Å². The summed E-state index contributed by atoms with van der Waals surface area (Å²) in [5.41, 5.74) is 1.23. The van der Waals surface area contributed by atoms with Crippen LogP contribution in [0.4, 0.5) is 0 Å². The first-order valence-corrected chi connectivity index (χ1v) is 4.60. The van der Waals surface area contributed by atoms with Crippen molar-refractivity contribution >= 4 is 15.9 Å². The van der Waals surface area contributed by atoms with Crippen LogP contribution < -0.4 is 5.90 Å². The van der Waals surface area contributed by atoms with Gasteiger partial charge >= 0.3 is 0 Å². The predicted molar refractivity (Wildman–Crippen MR) is 52.7 cm³/mol. The minimum absolute atomic E-state index is 0.340. The molecular formula is C9H12BrNO. The predicted octanol–water partition coefficient (Wildman–Crippen LogP) is 2.44. The van der Waals surface area contributed by atoms with E-state index in [9.17, 15) is 0 Å². The zero-order chi connectivity index (χ0) is 8.97. The number of nitrogens with two attached hydrogens (primary N) is 1. The summed E-state index contributed by atoms with van der Waals surface area (Å²) in [6.07, 6.45) is 0. The second-order valence-corrected chi connectivity index (χ2v) is 3.71. The summed E-state index contributed by atoms with van der Waals surface area (Å²) < 4.78 is 1.09. The first-order valence-electron chi connectivity index (χ1n) is 3.81. The van der Waals surface area contributed by atoms with Crippen molar-refractivity contribution in [3.05, 3.63) is 34.3 Å². The van der Waals surface area contributed by atoms with Gasteiger partial charge in [0.2, 0.25) is 0 Å². The number of benzene rings is 1. The highest BCUT2D eigenvalue weighted by molar-refractivity contribution is 9.10. The van der Waals surface area contributed by atoms with Gasteiger partial charge in [0.1, 0.15) is 0 Å². The molecule has 0 aliphatic heterocycles. The van der Waals surface area contributed by atoms with Crippen LogP contribution in [0.3, 0.4) is 0 Å². The second-order valence-electron chi connectivity index (χ2n) is 2.79. The highest BCUT2D eigenvalue weighted by Crippen LogP contribution is 2.19. The van der Waals surface area contributed by atoms with Crippen LogP contribution in [0.25, 0.3) is 0 Å². The number of rotatable bonds is 3. The molecule has 1 atom stereocenters. The van der Waals surface area contributed by atoms with Crippen LogP contribution in [0.5, 0.6) is 0 Å². The van der Waals surface area contributed by atoms with Gasteiger partial charge in [0.05, 0.1) is 6.61 Å². The monoisotopic (exact) mass is 229 g/mol. The molecule has 0 saturated heterocycles. The molecule has 0 fully saturated rings. The van der Waals surface area contributed by atoms with E-state index >= 15 is 0 Å². The molecule has 0 amide bonds. The molecule has 0 aliphatic carbocycles. The van der Waals surface area contributed by atoms with Crippen LogP contribution in [-0.2, 0) is 4.84 Å². The van der Waals surface area contributed by atoms with E-state index in [0.717, 1.165) is 4.47 Å². The number of hydrogen-bond acceptors (Lipinski definition) is 2. The number of halogens is 1. The van der Waals surface area contributed by atoms with E-state index in [1.165, 1.54) is 5.56 Å². The quantitative estimate of drug-likeness (QED) is 0.809. The van der Waals surface area contributed by atoms with E-state index in [1.54, 1.807) is 0 Å². The molecule has 1 aromatic carbocycles. The van der Waals surface area contributed by atoms with E-state index < -0.39 is 0 Å². The summed E-state index contributed by atoms with van der Waals surface area (Å²) in [6.45, 7) is 2.63.